The van der Waals surface area contributed by atoms with Crippen LogP contribution in [0.3, 0.4) is 0 Å². The summed E-state index contributed by atoms with van der Waals surface area (Å²) in [5.41, 5.74) is 0. The molecule has 0 aromatic rings. The molecule has 0 bridgehead atoms. The van der Waals surface area contributed by atoms with Crippen molar-refractivity contribution in [3.8, 4) is 0 Å². The smallest absolute Gasteiger partial charge is 0.237 e. The van der Waals surface area contributed by atoms with Crippen molar-refractivity contribution < 1.29 is 9.59 Å². The fourth-order valence-corrected chi connectivity index (χ4v) is 0.405. The Hall–Kier alpha value is -1.15. The molecule has 1 N–H and O–H groups in total. The van der Waals surface area contributed by atoms with Gasteiger partial charge in [-0.05, 0) is 6.92 Å². The molecule has 9 heavy (non-hydrogen) atoms. The largest absolute Gasteiger partial charge is 0.334 e. The molecule has 0 radical (unpaired) electrons. The number of hydrogen-bond acceptors (Lipinski definition) is 3. The van der Waals surface area contributed by atoms with E-state index >= 15 is 0 Å². The molecule has 0 saturated carbocycles. The highest BCUT2D eigenvalue weighted by molar-refractivity contribution is 5.73. The van der Waals surface area contributed by atoms with E-state index in [-0.39, 0.29) is 5.91 Å². The van der Waals surface area contributed by atoms with E-state index in [1.165, 1.54) is 13.0 Å². The lowest BCUT2D eigenvalue weighted by Gasteiger charge is -2.01. The third-order valence-corrected chi connectivity index (χ3v) is 0.659. The minimum atomic E-state index is -0.458. The summed E-state index contributed by atoms with van der Waals surface area (Å²) in [5.74, 6) is -0.207. The van der Waals surface area contributed by atoms with Crippen molar-refractivity contribution in [2.45, 2.75) is 20.0 Å². The molecule has 0 saturated heterocycles. The van der Waals surface area contributed by atoms with Crippen LogP contribution in [0, 0.1) is 0 Å². The zero-order valence-electron chi connectivity index (χ0n) is 5.34. The van der Waals surface area contributed by atoms with E-state index in [0.717, 1.165) is 0 Å². The molecule has 1 amide bonds. The summed E-state index contributed by atoms with van der Waals surface area (Å²) in [6.07, 6.45) is 0.875. The van der Waals surface area contributed by atoms with Gasteiger partial charge in [0.25, 0.3) is 0 Å². The van der Waals surface area contributed by atoms with Crippen LogP contribution in [0.2, 0.25) is 0 Å². The Labute approximate surface area is 53.0 Å². The first-order chi connectivity index (χ1) is 4.16. The second-order valence-corrected chi connectivity index (χ2v) is 1.60. The molecule has 4 heteroatoms. The van der Waals surface area contributed by atoms with E-state index in [9.17, 15) is 9.59 Å². The maximum Gasteiger partial charge on any atom is 0.237 e. The summed E-state index contributed by atoms with van der Waals surface area (Å²) in [5, 5.41) is 2.38. The summed E-state index contributed by atoms with van der Waals surface area (Å²) in [6.45, 7) is 2.95. The highest BCUT2D eigenvalue weighted by Gasteiger charge is 1.96. The maximum atomic E-state index is 10.2. The number of nitrogens with zero attached hydrogens (tertiary/aromatic N) is 1. The Morgan fingerprint density at radius 3 is 2.67 bits per heavy atom. The maximum absolute atomic E-state index is 10.2. The lowest BCUT2D eigenvalue weighted by Crippen LogP contribution is -2.28. The van der Waals surface area contributed by atoms with E-state index in [0.29, 0.717) is 0 Å². The first kappa shape index (κ1) is 7.85. The molecule has 0 spiro atoms. The van der Waals surface area contributed by atoms with Gasteiger partial charge in [0, 0.05) is 6.92 Å². The van der Waals surface area contributed by atoms with Crippen LogP contribution >= 0.6 is 0 Å². The Balaban J connectivity index is 3.62. The summed E-state index contributed by atoms with van der Waals surface area (Å²) >= 11 is 0. The Bertz CT molecular complexity index is 149. The molecule has 0 aromatic carbocycles. The van der Waals surface area contributed by atoms with Gasteiger partial charge in [-0.2, -0.15) is 4.99 Å². The number of rotatable bonds is 2. The molecule has 0 aromatic heterocycles. The fraction of sp³-hybridized carbons (Fsp3) is 0.600. The SMILES string of the molecule is CC(=O)NC(C)N=C=O. The molecule has 0 aliphatic rings. The average Bonchev–Trinajstić information content (AvgIpc) is 1.63. The minimum absolute atomic E-state index is 0.207. The molecule has 0 heterocycles. The average molecular weight is 128 g/mol. The third kappa shape index (κ3) is 4.71. The number of amides is 1. The molecular formula is C5H8N2O2. The minimum Gasteiger partial charge on any atom is -0.334 e. The molecule has 0 rings (SSSR count). The quantitative estimate of drug-likeness (QED) is 0.413. The summed E-state index contributed by atoms with van der Waals surface area (Å²) in [7, 11) is 0. The summed E-state index contributed by atoms with van der Waals surface area (Å²) < 4.78 is 0. The van der Waals surface area contributed by atoms with Crippen LogP contribution in [0.5, 0.6) is 0 Å². The van der Waals surface area contributed by atoms with E-state index in [4.69, 9.17) is 0 Å². The highest BCUT2D eigenvalue weighted by Crippen LogP contribution is 1.78. The number of aliphatic imine (C=N–C) groups is 1. The van der Waals surface area contributed by atoms with Gasteiger partial charge in [-0.25, -0.2) is 4.79 Å². The predicted octanol–water partition coefficient (Wildman–Crippen LogP) is -0.196. The second-order valence-electron chi connectivity index (χ2n) is 1.60. The standard InChI is InChI=1S/C5H8N2O2/c1-4(6-3-8)7-5(2)9/h4H,1-2H3,(H,7,9). The van der Waals surface area contributed by atoms with Gasteiger partial charge < -0.3 is 5.32 Å². The summed E-state index contributed by atoms with van der Waals surface area (Å²) in [4.78, 5) is 23.0. The summed E-state index contributed by atoms with van der Waals surface area (Å²) in [6, 6.07) is 0. The Kier molecular flexibility index (Phi) is 3.32. The lowest BCUT2D eigenvalue weighted by molar-refractivity contribution is -0.119. The van der Waals surface area contributed by atoms with Crippen molar-refractivity contribution in [3.05, 3.63) is 0 Å². The van der Waals surface area contributed by atoms with Gasteiger partial charge >= 0.3 is 0 Å². The third-order valence-electron chi connectivity index (χ3n) is 0.659. The molecule has 0 aliphatic heterocycles. The van der Waals surface area contributed by atoms with Crippen molar-refractivity contribution in [2.75, 3.05) is 0 Å². The lowest BCUT2D eigenvalue weighted by atomic mass is 10.5. The van der Waals surface area contributed by atoms with Gasteiger partial charge in [-0.15, -0.1) is 0 Å². The van der Waals surface area contributed by atoms with Gasteiger partial charge in [-0.3, -0.25) is 4.79 Å². The molecule has 1 unspecified atom stereocenters. The normalized spacial score (nSPS) is 11.3. The van der Waals surface area contributed by atoms with Crippen LogP contribution in [0.1, 0.15) is 13.8 Å². The first-order valence-corrected chi connectivity index (χ1v) is 2.51. The van der Waals surface area contributed by atoms with Crippen LogP contribution in [0.15, 0.2) is 4.99 Å². The fourth-order valence-electron chi connectivity index (χ4n) is 0.405. The van der Waals surface area contributed by atoms with Crippen molar-refractivity contribution in [3.63, 3.8) is 0 Å². The Morgan fingerprint density at radius 2 is 2.33 bits per heavy atom. The zero-order valence-corrected chi connectivity index (χ0v) is 5.34. The second kappa shape index (κ2) is 3.80. The van der Waals surface area contributed by atoms with Gasteiger partial charge in [0.15, 0.2) is 0 Å². The number of isocyanates is 1. The van der Waals surface area contributed by atoms with Crippen LogP contribution < -0.4 is 5.32 Å². The van der Waals surface area contributed by atoms with Crippen LogP contribution in [-0.4, -0.2) is 18.2 Å². The van der Waals surface area contributed by atoms with E-state index in [1.807, 2.05) is 0 Å². The van der Waals surface area contributed by atoms with Crippen molar-refractivity contribution in [1.29, 1.82) is 0 Å². The van der Waals surface area contributed by atoms with Gasteiger partial charge in [0.05, 0.1) is 0 Å². The molecule has 0 fully saturated rings. The molecule has 4 nitrogen and oxygen atoms in total. The predicted molar refractivity (Wildman–Crippen MR) is 31.4 cm³/mol. The first-order valence-electron chi connectivity index (χ1n) is 2.51. The number of nitrogens with one attached hydrogen (secondary N) is 1. The number of hydrogen-bond donors (Lipinski definition) is 1. The number of carbonyl (C=O) groups excluding carboxylic acids is 2. The molecular weight excluding hydrogens is 120 g/mol. The zero-order chi connectivity index (χ0) is 7.28. The van der Waals surface area contributed by atoms with Gasteiger partial charge in [-0.1, -0.05) is 0 Å². The van der Waals surface area contributed by atoms with Crippen molar-refractivity contribution in [1.82, 2.24) is 5.32 Å². The monoisotopic (exact) mass is 128 g/mol. The van der Waals surface area contributed by atoms with E-state index in [1.54, 1.807) is 6.92 Å². The molecule has 0 aliphatic carbocycles. The highest BCUT2D eigenvalue weighted by atomic mass is 16.1. The molecule has 50 valence electrons. The van der Waals surface area contributed by atoms with Crippen molar-refractivity contribution in [2.24, 2.45) is 4.99 Å². The van der Waals surface area contributed by atoms with Crippen LogP contribution in [-0.2, 0) is 9.59 Å². The van der Waals surface area contributed by atoms with Gasteiger partial charge in [0.1, 0.15) is 6.17 Å². The van der Waals surface area contributed by atoms with E-state index in [2.05, 4.69) is 10.3 Å². The molecule has 1 atom stereocenters. The Morgan fingerprint density at radius 1 is 1.78 bits per heavy atom. The number of carbonyl (C=O) groups is 1. The van der Waals surface area contributed by atoms with Gasteiger partial charge in [0.2, 0.25) is 12.0 Å². The van der Waals surface area contributed by atoms with E-state index < -0.39 is 6.17 Å². The van der Waals surface area contributed by atoms with Crippen molar-refractivity contribution >= 4 is 12.0 Å². The van der Waals surface area contributed by atoms with Crippen LogP contribution in [0.4, 0.5) is 0 Å². The topological polar surface area (TPSA) is 58.5 Å². The van der Waals surface area contributed by atoms with Crippen LogP contribution in [0.25, 0.3) is 0 Å².